The number of carbonyl (C=O) groups is 1. The summed E-state index contributed by atoms with van der Waals surface area (Å²) < 4.78 is 2.10. The lowest BCUT2D eigenvalue weighted by Crippen LogP contribution is -2.35. The predicted molar refractivity (Wildman–Crippen MR) is 114 cm³/mol. The molecule has 0 saturated carbocycles. The first-order valence-corrected chi connectivity index (χ1v) is 9.72. The van der Waals surface area contributed by atoms with Crippen molar-refractivity contribution in [2.45, 2.75) is 18.9 Å². The second kappa shape index (κ2) is 7.80. The molecule has 2 amide bonds. The quantitative estimate of drug-likeness (QED) is 0.685. The average molecular weight is 374 g/mol. The van der Waals surface area contributed by atoms with Crippen LogP contribution in [0.1, 0.15) is 24.6 Å². The molecule has 1 atom stereocenters. The van der Waals surface area contributed by atoms with E-state index < -0.39 is 0 Å². The Labute approximate surface area is 166 Å². The van der Waals surface area contributed by atoms with Gasteiger partial charge in [0.2, 0.25) is 0 Å². The molecular weight excluding hydrogens is 348 g/mol. The maximum Gasteiger partial charge on any atom is 0.322 e. The number of hydrogen-bond donors (Lipinski definition) is 1. The number of rotatable bonds is 4. The Morgan fingerprint density at radius 3 is 2.54 bits per heavy atom. The largest absolute Gasteiger partial charge is 0.353 e. The number of nitrogens with one attached hydrogen (secondary N) is 1. The molecule has 2 aromatic carbocycles. The molecule has 1 aromatic heterocycles. The van der Waals surface area contributed by atoms with Gasteiger partial charge in [0.15, 0.2) is 0 Å². The van der Waals surface area contributed by atoms with Crippen LogP contribution in [0.15, 0.2) is 72.9 Å². The van der Waals surface area contributed by atoms with E-state index in [1.54, 1.807) is 0 Å². The van der Waals surface area contributed by atoms with Crippen molar-refractivity contribution in [3.8, 4) is 0 Å². The van der Waals surface area contributed by atoms with Crippen molar-refractivity contribution in [3.63, 3.8) is 0 Å². The fourth-order valence-corrected chi connectivity index (χ4v) is 3.99. The third-order valence-corrected chi connectivity index (χ3v) is 5.49. The number of anilines is 3. The standard InChI is InChI=1S/C23H26N4O/c1-25-16-8-14-21(25)22-15-9-17-27(22)23(28)24-19-12-6-7-13-20(19)26(2)18-10-4-3-5-11-18/h3-8,10-14,16,22H,9,15,17H2,1-2H3,(H,24,28). The summed E-state index contributed by atoms with van der Waals surface area (Å²) in [6.07, 6.45) is 4.06. The second-order valence-electron chi connectivity index (χ2n) is 7.24. The molecule has 5 nitrogen and oxygen atoms in total. The number of aromatic nitrogens is 1. The Morgan fingerprint density at radius 2 is 1.79 bits per heavy atom. The lowest BCUT2D eigenvalue weighted by molar-refractivity contribution is 0.205. The molecule has 1 aliphatic rings. The zero-order chi connectivity index (χ0) is 19.5. The van der Waals surface area contributed by atoms with Gasteiger partial charge in [-0.2, -0.15) is 0 Å². The van der Waals surface area contributed by atoms with Crippen LogP contribution in [0, 0.1) is 0 Å². The van der Waals surface area contributed by atoms with Crippen LogP contribution in [-0.4, -0.2) is 29.1 Å². The number of aryl methyl sites for hydroxylation is 1. The van der Waals surface area contributed by atoms with Crippen LogP contribution in [-0.2, 0) is 7.05 Å². The first-order chi connectivity index (χ1) is 13.6. The van der Waals surface area contributed by atoms with E-state index in [9.17, 15) is 4.79 Å². The highest BCUT2D eigenvalue weighted by atomic mass is 16.2. The normalized spacial score (nSPS) is 16.2. The minimum absolute atomic E-state index is 0.0439. The van der Waals surface area contributed by atoms with Crippen molar-refractivity contribution in [3.05, 3.63) is 78.6 Å². The van der Waals surface area contributed by atoms with Gasteiger partial charge in [-0.3, -0.25) is 0 Å². The summed E-state index contributed by atoms with van der Waals surface area (Å²) in [4.78, 5) is 17.2. The monoisotopic (exact) mass is 374 g/mol. The molecule has 144 valence electrons. The second-order valence-corrected chi connectivity index (χ2v) is 7.24. The lowest BCUT2D eigenvalue weighted by Gasteiger charge is -2.27. The highest BCUT2D eigenvalue weighted by molar-refractivity contribution is 5.94. The first kappa shape index (κ1) is 18.2. The average Bonchev–Trinajstić information content (AvgIpc) is 3.37. The highest BCUT2D eigenvalue weighted by Crippen LogP contribution is 2.34. The molecular formula is C23H26N4O. The zero-order valence-corrected chi connectivity index (χ0v) is 16.4. The molecule has 0 bridgehead atoms. The number of carbonyl (C=O) groups excluding carboxylic acids is 1. The fraction of sp³-hybridized carbons (Fsp3) is 0.261. The van der Waals surface area contributed by atoms with Crippen molar-refractivity contribution >= 4 is 23.1 Å². The number of benzene rings is 2. The van der Waals surface area contributed by atoms with Crippen LogP contribution < -0.4 is 10.2 Å². The van der Waals surface area contributed by atoms with Gasteiger partial charge in [0.1, 0.15) is 0 Å². The minimum atomic E-state index is -0.0439. The summed E-state index contributed by atoms with van der Waals surface area (Å²) in [5, 5.41) is 3.15. The van der Waals surface area contributed by atoms with Gasteiger partial charge >= 0.3 is 6.03 Å². The topological polar surface area (TPSA) is 40.5 Å². The molecule has 1 saturated heterocycles. The Bertz CT molecular complexity index is 950. The first-order valence-electron chi connectivity index (χ1n) is 9.72. The van der Waals surface area contributed by atoms with Gasteiger partial charge in [-0.05, 0) is 49.2 Å². The maximum absolute atomic E-state index is 13.1. The Hall–Kier alpha value is -3.21. The lowest BCUT2D eigenvalue weighted by atomic mass is 10.1. The van der Waals surface area contributed by atoms with Gasteiger partial charge in [-0.15, -0.1) is 0 Å². The zero-order valence-electron chi connectivity index (χ0n) is 16.4. The van der Waals surface area contributed by atoms with E-state index in [-0.39, 0.29) is 12.1 Å². The molecule has 5 heteroatoms. The van der Waals surface area contributed by atoms with Crippen molar-refractivity contribution < 1.29 is 4.79 Å². The van der Waals surface area contributed by atoms with Gasteiger partial charge in [0.25, 0.3) is 0 Å². The SMILES string of the molecule is CN(c1ccccc1)c1ccccc1NC(=O)N1CCCC1c1cccn1C. The van der Waals surface area contributed by atoms with E-state index in [1.807, 2.05) is 73.7 Å². The number of nitrogens with zero attached hydrogens (tertiary/aromatic N) is 3. The Morgan fingerprint density at radius 1 is 1.04 bits per heavy atom. The summed E-state index contributed by atoms with van der Waals surface area (Å²) in [6.45, 7) is 0.776. The van der Waals surface area contributed by atoms with E-state index in [2.05, 4.69) is 33.0 Å². The van der Waals surface area contributed by atoms with E-state index in [0.717, 1.165) is 36.4 Å². The van der Waals surface area contributed by atoms with E-state index in [4.69, 9.17) is 0 Å². The molecule has 2 heterocycles. The van der Waals surface area contributed by atoms with Gasteiger partial charge in [0, 0.05) is 38.2 Å². The molecule has 1 N–H and O–H groups in total. The van der Waals surface area contributed by atoms with Crippen LogP contribution >= 0.6 is 0 Å². The number of urea groups is 1. The van der Waals surface area contributed by atoms with E-state index in [0.29, 0.717) is 0 Å². The van der Waals surface area contributed by atoms with Gasteiger partial charge < -0.3 is 19.7 Å². The smallest absolute Gasteiger partial charge is 0.322 e. The summed E-state index contributed by atoms with van der Waals surface area (Å²) in [7, 11) is 4.05. The molecule has 3 aromatic rings. The number of para-hydroxylation sites is 3. The van der Waals surface area contributed by atoms with Crippen LogP contribution in [0.5, 0.6) is 0 Å². The highest BCUT2D eigenvalue weighted by Gasteiger charge is 2.31. The minimum Gasteiger partial charge on any atom is -0.353 e. The third-order valence-electron chi connectivity index (χ3n) is 5.49. The summed E-state index contributed by atoms with van der Waals surface area (Å²) >= 11 is 0. The van der Waals surface area contributed by atoms with Crippen LogP contribution in [0.4, 0.5) is 21.9 Å². The molecule has 4 rings (SSSR count). The van der Waals surface area contributed by atoms with E-state index in [1.165, 1.54) is 5.69 Å². The number of hydrogen-bond acceptors (Lipinski definition) is 2. The number of likely N-dealkylation sites (tertiary alicyclic amines) is 1. The molecule has 0 aliphatic carbocycles. The summed E-state index contributed by atoms with van der Waals surface area (Å²) in [5.41, 5.74) is 4.04. The van der Waals surface area contributed by atoms with Crippen molar-refractivity contribution in [2.75, 3.05) is 23.8 Å². The fourth-order valence-electron chi connectivity index (χ4n) is 3.99. The van der Waals surface area contributed by atoms with Crippen molar-refractivity contribution in [2.24, 2.45) is 7.05 Å². The molecule has 28 heavy (non-hydrogen) atoms. The molecule has 1 fully saturated rings. The summed E-state index contributed by atoms with van der Waals surface area (Å²) in [6, 6.07) is 22.3. The van der Waals surface area contributed by atoms with Crippen molar-refractivity contribution in [1.82, 2.24) is 9.47 Å². The van der Waals surface area contributed by atoms with Gasteiger partial charge in [-0.1, -0.05) is 30.3 Å². The van der Waals surface area contributed by atoms with Crippen LogP contribution in [0.25, 0.3) is 0 Å². The summed E-state index contributed by atoms with van der Waals surface area (Å²) in [5.74, 6) is 0. The van der Waals surface area contributed by atoms with Gasteiger partial charge in [-0.25, -0.2) is 4.79 Å². The molecule has 0 radical (unpaired) electrons. The third kappa shape index (κ3) is 3.48. The maximum atomic E-state index is 13.1. The number of amides is 2. The molecule has 1 aliphatic heterocycles. The Kier molecular flexibility index (Phi) is 5.06. The van der Waals surface area contributed by atoms with Crippen LogP contribution in [0.3, 0.4) is 0 Å². The molecule has 1 unspecified atom stereocenters. The Balaban J connectivity index is 1.56. The predicted octanol–water partition coefficient (Wildman–Crippen LogP) is 5.16. The van der Waals surface area contributed by atoms with Gasteiger partial charge in [0.05, 0.1) is 17.4 Å². The molecule has 0 spiro atoms. The van der Waals surface area contributed by atoms with E-state index >= 15 is 0 Å². The van der Waals surface area contributed by atoms with Crippen molar-refractivity contribution in [1.29, 1.82) is 0 Å². The van der Waals surface area contributed by atoms with Crippen LogP contribution in [0.2, 0.25) is 0 Å².